The molecule has 0 bridgehead atoms. The number of thiol groups is 1. The van der Waals surface area contributed by atoms with Crippen molar-refractivity contribution in [3.05, 3.63) is 35.9 Å². The van der Waals surface area contributed by atoms with Gasteiger partial charge in [-0.3, -0.25) is 9.16 Å². The molecule has 1 aromatic carbocycles. The summed E-state index contributed by atoms with van der Waals surface area (Å²) in [7, 11) is -0.426. The Hall–Kier alpha value is -2.26. The first-order valence-corrected chi connectivity index (χ1v) is 14.0. The molecule has 1 aliphatic carbocycles. The highest BCUT2D eigenvalue weighted by Crippen LogP contribution is 2.44. The smallest absolute Gasteiger partial charge is 0.307 e. The molecule has 0 radical (unpaired) electrons. The number of alkyl halides is 1. The molecule has 2 aromatic rings. The number of hydrogen-bond acceptors (Lipinski definition) is 5. The number of anilines is 1. The summed E-state index contributed by atoms with van der Waals surface area (Å²) < 4.78 is 35.0. The van der Waals surface area contributed by atoms with Crippen LogP contribution < -0.4 is 4.90 Å². The van der Waals surface area contributed by atoms with E-state index in [2.05, 4.69) is 9.26 Å². The monoisotopic (exact) mass is 493 g/mol. The highest BCUT2D eigenvalue weighted by atomic mass is 32.3. The Morgan fingerprint density at radius 3 is 2.41 bits per heavy atom. The highest BCUT2D eigenvalue weighted by Gasteiger charge is 2.40. The SMILES string of the molecule is CN=[SH]1(O)CCN(c2ccc(-c3oc(C(C)(C)C)nc3[C@@H]3CC[C@H](F)C[C@H]3C(=O)O)cc2)CC1. The van der Waals surface area contributed by atoms with E-state index in [0.717, 1.165) is 24.3 Å². The van der Waals surface area contributed by atoms with Crippen LogP contribution in [0.15, 0.2) is 33.0 Å². The first-order chi connectivity index (χ1) is 16.0. The predicted octanol–water partition coefficient (Wildman–Crippen LogP) is 4.94. The van der Waals surface area contributed by atoms with Gasteiger partial charge in [-0.05, 0) is 43.5 Å². The van der Waals surface area contributed by atoms with E-state index < -0.39 is 28.2 Å². The van der Waals surface area contributed by atoms with Crippen LogP contribution in [0.25, 0.3) is 11.3 Å². The Morgan fingerprint density at radius 1 is 1.21 bits per heavy atom. The van der Waals surface area contributed by atoms with E-state index in [1.807, 2.05) is 45.0 Å². The molecule has 0 amide bonds. The second-order valence-electron chi connectivity index (χ2n) is 10.5. The fraction of sp³-hybridized carbons (Fsp3) is 0.600. The van der Waals surface area contributed by atoms with Crippen molar-refractivity contribution in [2.75, 3.05) is 36.5 Å². The number of carboxylic acid groups (broad SMARTS) is 1. The third kappa shape index (κ3) is 5.05. The molecular formula is C25H36FN3O4S. The van der Waals surface area contributed by atoms with Gasteiger partial charge in [-0.25, -0.2) is 9.37 Å². The standard InChI is InChI=1S/C25H36FN3O4S/c1-25(2,3)24-28-21(19-10-7-17(26)15-20(19)23(30)31)22(33-24)16-5-8-18(9-6-16)29-11-13-34(32,27-4)14-12-29/h5-6,8-9,17,19-20,34H,7,10-15H2,1-4H3,(H,27,32)(H,30,31)/t17-,19+,20+/m0/s1. The van der Waals surface area contributed by atoms with E-state index in [4.69, 9.17) is 9.40 Å². The molecule has 2 fully saturated rings. The average Bonchev–Trinajstić information content (AvgIpc) is 3.25. The maximum atomic E-state index is 14.1. The normalized spacial score (nSPS) is 26.2. The third-order valence-electron chi connectivity index (χ3n) is 7.07. The fourth-order valence-corrected chi connectivity index (χ4v) is 6.64. The number of oxazole rings is 1. The Kier molecular flexibility index (Phi) is 6.88. The maximum absolute atomic E-state index is 14.1. The van der Waals surface area contributed by atoms with Gasteiger partial charge < -0.3 is 19.0 Å². The zero-order valence-corrected chi connectivity index (χ0v) is 21.3. The second-order valence-corrected chi connectivity index (χ2v) is 13.6. The molecule has 1 saturated carbocycles. The minimum absolute atomic E-state index is 0.00406. The molecule has 1 saturated heterocycles. The lowest BCUT2D eigenvalue weighted by atomic mass is 9.76. The van der Waals surface area contributed by atoms with Gasteiger partial charge in [-0.1, -0.05) is 20.8 Å². The molecule has 0 spiro atoms. The Morgan fingerprint density at radius 2 is 1.85 bits per heavy atom. The van der Waals surface area contributed by atoms with Crippen LogP contribution >= 0.6 is 0 Å². The molecule has 1 aliphatic heterocycles. The summed E-state index contributed by atoms with van der Waals surface area (Å²) in [4.78, 5) is 19.0. The topological polar surface area (TPSA) is 99.2 Å². The fourth-order valence-electron chi connectivity index (χ4n) is 4.90. The molecule has 34 heavy (non-hydrogen) atoms. The quantitative estimate of drug-likeness (QED) is 0.522. The lowest BCUT2D eigenvalue weighted by molar-refractivity contribution is -0.144. The van der Waals surface area contributed by atoms with Crippen LogP contribution in [0.2, 0.25) is 0 Å². The number of hydrogen-bond donors (Lipinski definition) is 3. The van der Waals surface area contributed by atoms with Crippen molar-refractivity contribution < 1.29 is 23.3 Å². The van der Waals surface area contributed by atoms with Gasteiger partial charge in [0.05, 0.1) is 11.6 Å². The molecule has 2 N–H and O–H groups in total. The Balaban J connectivity index is 1.66. The van der Waals surface area contributed by atoms with Gasteiger partial charge in [0.1, 0.15) is 6.17 Å². The highest BCUT2D eigenvalue weighted by molar-refractivity contribution is 8.00. The van der Waals surface area contributed by atoms with E-state index >= 15 is 0 Å². The van der Waals surface area contributed by atoms with Crippen LogP contribution in [0.3, 0.4) is 0 Å². The molecule has 188 valence electrons. The largest absolute Gasteiger partial charge is 0.481 e. The first kappa shape index (κ1) is 24.9. The van der Waals surface area contributed by atoms with Gasteiger partial charge in [0.15, 0.2) is 5.76 Å². The molecular weight excluding hydrogens is 457 g/mol. The minimum Gasteiger partial charge on any atom is -0.481 e. The van der Waals surface area contributed by atoms with Crippen LogP contribution in [-0.2, 0) is 20.3 Å². The maximum Gasteiger partial charge on any atom is 0.307 e. The average molecular weight is 494 g/mol. The summed E-state index contributed by atoms with van der Waals surface area (Å²) in [6.45, 7) is 7.53. The number of aliphatic carboxylic acids is 1. The Bertz CT molecular complexity index is 1080. The zero-order chi connectivity index (χ0) is 24.7. The number of aromatic nitrogens is 1. The predicted molar refractivity (Wildman–Crippen MR) is 135 cm³/mol. The van der Waals surface area contributed by atoms with Gasteiger partial charge >= 0.3 is 5.97 Å². The molecule has 7 nitrogen and oxygen atoms in total. The van der Waals surface area contributed by atoms with Crippen molar-refractivity contribution in [3.8, 4) is 11.3 Å². The van der Waals surface area contributed by atoms with Crippen molar-refractivity contribution in [2.45, 2.75) is 57.5 Å². The number of halogens is 1. The van der Waals surface area contributed by atoms with Crippen LogP contribution in [0.5, 0.6) is 0 Å². The number of carbonyl (C=O) groups is 1. The van der Waals surface area contributed by atoms with Crippen LogP contribution in [0.4, 0.5) is 10.1 Å². The third-order valence-corrected chi connectivity index (χ3v) is 9.65. The van der Waals surface area contributed by atoms with E-state index in [1.165, 1.54) is 0 Å². The van der Waals surface area contributed by atoms with Gasteiger partial charge in [-0.15, -0.1) is 10.1 Å². The lowest BCUT2D eigenvalue weighted by Gasteiger charge is -2.36. The summed E-state index contributed by atoms with van der Waals surface area (Å²) in [5.41, 5.74) is 2.16. The van der Waals surface area contributed by atoms with E-state index in [9.17, 15) is 18.8 Å². The van der Waals surface area contributed by atoms with Crippen LogP contribution in [0, 0.1) is 5.92 Å². The van der Waals surface area contributed by atoms with Gasteiger partial charge in [0.25, 0.3) is 0 Å². The van der Waals surface area contributed by atoms with Crippen molar-refractivity contribution in [1.82, 2.24) is 4.98 Å². The first-order valence-electron chi connectivity index (χ1n) is 12.0. The number of carboxylic acids is 1. The van der Waals surface area contributed by atoms with Crippen molar-refractivity contribution >= 4 is 21.8 Å². The summed E-state index contributed by atoms with van der Waals surface area (Å²) in [6, 6.07) is 8.00. The summed E-state index contributed by atoms with van der Waals surface area (Å²) >= 11 is 0. The van der Waals surface area contributed by atoms with Gasteiger partial charge in [0.2, 0.25) is 5.89 Å². The van der Waals surface area contributed by atoms with Crippen LogP contribution in [0.1, 0.15) is 57.5 Å². The summed E-state index contributed by atoms with van der Waals surface area (Å²) in [5, 5.41) is 9.80. The van der Waals surface area contributed by atoms with E-state index in [-0.39, 0.29) is 17.8 Å². The molecule has 2 aliphatic rings. The molecule has 1 aromatic heterocycles. The van der Waals surface area contributed by atoms with E-state index in [0.29, 0.717) is 41.7 Å². The van der Waals surface area contributed by atoms with Crippen molar-refractivity contribution in [1.29, 1.82) is 0 Å². The van der Waals surface area contributed by atoms with Gasteiger partial charge in [-0.2, -0.15) is 0 Å². The summed E-state index contributed by atoms with van der Waals surface area (Å²) in [6.07, 6.45) is -0.330. The van der Waals surface area contributed by atoms with Crippen LogP contribution in [-0.4, -0.2) is 58.4 Å². The second kappa shape index (κ2) is 9.41. The van der Waals surface area contributed by atoms with Crippen molar-refractivity contribution in [3.63, 3.8) is 0 Å². The molecule has 4 rings (SSSR count). The lowest BCUT2D eigenvalue weighted by Crippen LogP contribution is -2.43. The van der Waals surface area contributed by atoms with Crippen molar-refractivity contribution in [2.24, 2.45) is 10.3 Å². The van der Waals surface area contributed by atoms with E-state index in [1.54, 1.807) is 7.05 Å². The number of rotatable bonds is 4. The molecule has 3 atom stereocenters. The molecule has 2 heterocycles. The minimum atomic E-state index is -2.13. The Labute approximate surface area is 201 Å². The number of nitrogens with zero attached hydrogens (tertiary/aromatic N) is 3. The number of benzene rings is 1. The van der Waals surface area contributed by atoms with Gasteiger partial charge in [0, 0.05) is 54.2 Å². The molecule has 9 heteroatoms. The molecule has 0 unspecified atom stereocenters. The summed E-state index contributed by atoms with van der Waals surface area (Å²) in [5.74, 6) is 0.324. The zero-order valence-electron chi connectivity index (χ0n) is 20.4.